The van der Waals surface area contributed by atoms with Crippen molar-refractivity contribution in [3.05, 3.63) is 11.9 Å². The molecule has 0 N–H and O–H groups in total. The van der Waals surface area contributed by atoms with E-state index in [9.17, 15) is 5.11 Å². The quantitative estimate of drug-likeness (QED) is 0.534. The smallest absolute Gasteiger partial charge is 0.106 e. The van der Waals surface area contributed by atoms with E-state index in [4.69, 9.17) is 0 Å². The Bertz CT molecular complexity index is 254. The Morgan fingerprint density at radius 3 is 2.36 bits per heavy atom. The highest BCUT2D eigenvalue weighted by Gasteiger charge is 2.14. The zero-order valence-electron chi connectivity index (χ0n) is 6.83. The van der Waals surface area contributed by atoms with Gasteiger partial charge in [-0.2, -0.15) is 5.10 Å². The largest absolute Gasteiger partial charge is 0.843 e. The van der Waals surface area contributed by atoms with Crippen LogP contribution in [0.3, 0.4) is 0 Å². The summed E-state index contributed by atoms with van der Waals surface area (Å²) >= 11 is 0. The van der Waals surface area contributed by atoms with Crippen molar-refractivity contribution in [2.45, 2.75) is 26.2 Å². The Kier molecular flexibility index (Phi) is 1.76. The summed E-state index contributed by atoms with van der Waals surface area (Å²) < 4.78 is 0. The van der Waals surface area contributed by atoms with Crippen molar-refractivity contribution in [1.29, 1.82) is 0 Å². The molecule has 0 aliphatic carbocycles. The molecular weight excluding hydrogens is 142 g/mol. The van der Waals surface area contributed by atoms with Gasteiger partial charge in [-0.05, 0) is 0 Å². The average molecular weight is 152 g/mol. The van der Waals surface area contributed by atoms with E-state index in [2.05, 4.69) is 15.2 Å². The fourth-order valence-electron chi connectivity index (χ4n) is 0.649. The summed E-state index contributed by atoms with van der Waals surface area (Å²) in [6, 6.07) is -0.516. The maximum Gasteiger partial charge on any atom is 0.106 e. The molecule has 0 spiro atoms. The van der Waals surface area contributed by atoms with Gasteiger partial charge in [0.05, 0.1) is 11.9 Å². The topological polar surface area (TPSA) is 61.7 Å². The first kappa shape index (κ1) is 7.91. The monoisotopic (exact) mass is 152 g/mol. The van der Waals surface area contributed by atoms with Crippen LogP contribution in [0.25, 0.3) is 0 Å². The Labute approximate surface area is 65.3 Å². The summed E-state index contributed by atoms with van der Waals surface area (Å²) in [5.41, 5.74) is 0.548. The Morgan fingerprint density at radius 1 is 1.36 bits per heavy atom. The molecule has 0 radical (unpaired) electrons. The molecule has 11 heavy (non-hydrogen) atoms. The van der Waals surface area contributed by atoms with Crippen LogP contribution in [-0.4, -0.2) is 15.2 Å². The molecule has 0 saturated heterocycles. The van der Waals surface area contributed by atoms with Crippen LogP contribution in [0.2, 0.25) is 0 Å². The molecule has 4 nitrogen and oxygen atoms in total. The second-order valence-corrected chi connectivity index (χ2v) is 3.37. The van der Waals surface area contributed by atoms with E-state index in [0.717, 1.165) is 0 Å². The molecule has 0 amide bonds. The van der Waals surface area contributed by atoms with E-state index in [1.165, 1.54) is 6.20 Å². The molecule has 0 aliphatic rings. The van der Waals surface area contributed by atoms with Gasteiger partial charge >= 0.3 is 0 Å². The summed E-state index contributed by atoms with van der Waals surface area (Å²) in [6.45, 7) is 5.91. The molecule has 1 aromatic rings. The lowest BCUT2D eigenvalue weighted by atomic mass is 9.93. The number of hydrogen-bond donors (Lipinski definition) is 0. The van der Waals surface area contributed by atoms with Crippen molar-refractivity contribution in [3.8, 4) is 6.01 Å². The van der Waals surface area contributed by atoms with Crippen LogP contribution in [0.4, 0.5) is 0 Å². The molecule has 0 aliphatic heterocycles. The summed E-state index contributed by atoms with van der Waals surface area (Å²) in [4.78, 5) is 3.72. The van der Waals surface area contributed by atoms with Crippen LogP contribution in [0.15, 0.2) is 6.20 Å². The van der Waals surface area contributed by atoms with Gasteiger partial charge in [0.1, 0.15) is 6.01 Å². The van der Waals surface area contributed by atoms with Gasteiger partial charge in [-0.15, -0.1) is 5.10 Å². The minimum atomic E-state index is -0.516. The average Bonchev–Trinajstić information content (AvgIpc) is 1.86. The minimum absolute atomic E-state index is 0.130. The second-order valence-electron chi connectivity index (χ2n) is 3.37. The van der Waals surface area contributed by atoms with Crippen molar-refractivity contribution in [2.75, 3.05) is 0 Å². The van der Waals surface area contributed by atoms with Crippen LogP contribution < -0.4 is 5.11 Å². The van der Waals surface area contributed by atoms with Crippen molar-refractivity contribution in [1.82, 2.24) is 15.2 Å². The minimum Gasteiger partial charge on any atom is -0.843 e. The summed E-state index contributed by atoms with van der Waals surface area (Å²) in [5.74, 6) is 0. The highest BCUT2D eigenvalue weighted by molar-refractivity contribution is 5.08. The molecule has 0 bridgehead atoms. The van der Waals surface area contributed by atoms with E-state index in [-0.39, 0.29) is 5.41 Å². The Morgan fingerprint density at radius 2 is 2.00 bits per heavy atom. The first-order valence-electron chi connectivity index (χ1n) is 3.37. The summed E-state index contributed by atoms with van der Waals surface area (Å²) in [5, 5.41) is 17.4. The van der Waals surface area contributed by atoms with Gasteiger partial charge in [0, 0.05) is 5.41 Å². The molecular formula is C7H10N3O-. The van der Waals surface area contributed by atoms with Crippen molar-refractivity contribution in [3.63, 3.8) is 0 Å². The second kappa shape index (κ2) is 2.45. The number of rotatable bonds is 0. The molecule has 1 rings (SSSR count). The van der Waals surface area contributed by atoms with E-state index in [1.54, 1.807) is 0 Å². The molecule has 0 atom stereocenters. The maximum absolute atomic E-state index is 10.7. The van der Waals surface area contributed by atoms with Gasteiger partial charge in [0.2, 0.25) is 0 Å². The first-order chi connectivity index (χ1) is 5.00. The molecule has 60 valence electrons. The third kappa shape index (κ3) is 1.86. The number of hydrogen-bond acceptors (Lipinski definition) is 4. The molecule has 0 saturated carbocycles. The first-order valence-corrected chi connectivity index (χ1v) is 3.37. The highest BCUT2D eigenvalue weighted by atomic mass is 16.3. The van der Waals surface area contributed by atoms with Crippen LogP contribution in [0.1, 0.15) is 26.5 Å². The lowest BCUT2D eigenvalue weighted by Crippen LogP contribution is -2.16. The van der Waals surface area contributed by atoms with Gasteiger partial charge in [-0.25, -0.2) is 4.98 Å². The zero-order valence-corrected chi connectivity index (χ0v) is 6.83. The third-order valence-electron chi connectivity index (χ3n) is 1.31. The van der Waals surface area contributed by atoms with Gasteiger partial charge in [-0.3, -0.25) is 0 Å². The van der Waals surface area contributed by atoms with E-state index in [1.807, 2.05) is 20.8 Å². The van der Waals surface area contributed by atoms with Crippen LogP contribution in [-0.2, 0) is 5.41 Å². The fraction of sp³-hybridized carbons (Fsp3) is 0.571. The van der Waals surface area contributed by atoms with Crippen molar-refractivity contribution < 1.29 is 5.11 Å². The molecule has 1 aromatic heterocycles. The predicted molar refractivity (Wildman–Crippen MR) is 38.0 cm³/mol. The van der Waals surface area contributed by atoms with Gasteiger partial charge < -0.3 is 5.11 Å². The van der Waals surface area contributed by atoms with Crippen LogP contribution in [0, 0.1) is 0 Å². The van der Waals surface area contributed by atoms with Gasteiger partial charge in [-0.1, -0.05) is 20.8 Å². The zero-order chi connectivity index (χ0) is 8.48. The number of nitrogens with zero attached hydrogens (tertiary/aromatic N) is 3. The predicted octanol–water partition coefficient (Wildman–Crippen LogP) is 0.243. The molecule has 4 heteroatoms. The maximum atomic E-state index is 10.7. The lowest BCUT2D eigenvalue weighted by molar-refractivity contribution is -0.283. The molecule has 0 aromatic carbocycles. The molecule has 1 heterocycles. The third-order valence-corrected chi connectivity index (χ3v) is 1.31. The summed E-state index contributed by atoms with van der Waals surface area (Å²) in [7, 11) is 0. The Hall–Kier alpha value is -1.19. The standard InChI is InChI=1S/C7H11N3O/c1-7(2,3)5-4-8-10-6(11)9-5/h4H,1-3H3,(H,9,10,11)/p-1. The van der Waals surface area contributed by atoms with E-state index >= 15 is 0 Å². The van der Waals surface area contributed by atoms with E-state index in [0.29, 0.717) is 5.69 Å². The normalized spacial score (nSPS) is 11.5. The van der Waals surface area contributed by atoms with E-state index < -0.39 is 6.01 Å². The number of aromatic nitrogens is 3. The highest BCUT2D eigenvalue weighted by Crippen LogP contribution is 2.18. The van der Waals surface area contributed by atoms with Crippen molar-refractivity contribution >= 4 is 0 Å². The molecule has 0 unspecified atom stereocenters. The fourth-order valence-corrected chi connectivity index (χ4v) is 0.649. The van der Waals surface area contributed by atoms with Gasteiger partial charge in [0.15, 0.2) is 0 Å². The SMILES string of the molecule is CC(C)(C)c1cnnc([O-])n1. The summed E-state index contributed by atoms with van der Waals surface area (Å²) in [6.07, 6.45) is 1.52. The Balaban J connectivity index is 3.06. The van der Waals surface area contributed by atoms with Crippen LogP contribution >= 0.6 is 0 Å². The van der Waals surface area contributed by atoms with Gasteiger partial charge in [0.25, 0.3) is 0 Å². The van der Waals surface area contributed by atoms with Crippen molar-refractivity contribution in [2.24, 2.45) is 0 Å². The lowest BCUT2D eigenvalue weighted by Gasteiger charge is -2.17. The molecule has 0 fully saturated rings. The van der Waals surface area contributed by atoms with Crippen LogP contribution in [0.5, 0.6) is 6.01 Å².